The Bertz CT molecular complexity index is 2070. The first-order valence-corrected chi connectivity index (χ1v) is 15.7. The number of aromatic nitrogens is 4. The van der Waals surface area contributed by atoms with Gasteiger partial charge in [0.25, 0.3) is 0 Å². The van der Waals surface area contributed by atoms with Crippen LogP contribution in [0.1, 0.15) is 66.7 Å². The Kier molecular flexibility index (Phi) is 9.89. The van der Waals surface area contributed by atoms with Gasteiger partial charge in [-0.1, -0.05) is 0 Å². The summed E-state index contributed by atoms with van der Waals surface area (Å²) in [6.07, 6.45) is 2.77. The Balaban J connectivity index is 1.19. The van der Waals surface area contributed by atoms with Gasteiger partial charge in [-0.15, -0.1) is 0 Å². The fourth-order valence-electron chi connectivity index (χ4n) is 5.03. The number of carbonyl (C=O) groups is 4. The molecule has 0 saturated heterocycles. The van der Waals surface area contributed by atoms with Crippen molar-refractivity contribution in [3.8, 4) is 22.9 Å². The van der Waals surface area contributed by atoms with Crippen molar-refractivity contribution < 1.29 is 42.2 Å². The summed E-state index contributed by atoms with van der Waals surface area (Å²) in [7, 11) is 0. The predicted octanol–water partition coefficient (Wildman–Crippen LogP) is 6.94. The lowest BCUT2D eigenvalue weighted by atomic mass is 10.0. The molecule has 11 nitrogen and oxygen atoms in total. The van der Waals surface area contributed by atoms with Crippen LogP contribution in [0.3, 0.4) is 0 Å². The Labute approximate surface area is 289 Å². The van der Waals surface area contributed by atoms with Crippen LogP contribution < -0.4 is 4.74 Å². The smallest absolute Gasteiger partial charge is 0.359 e. The normalized spacial score (nSPS) is 10.8. The summed E-state index contributed by atoms with van der Waals surface area (Å²) in [4.78, 5) is 52.4. The zero-order valence-corrected chi connectivity index (χ0v) is 27.2. The number of carbonyl (C=O) groups excluding carboxylic acids is 4. The van der Waals surface area contributed by atoms with Gasteiger partial charge in [-0.05, 0) is 111 Å². The minimum absolute atomic E-state index is 0.000946. The first-order chi connectivity index (χ1) is 24.6. The molecule has 13 heteroatoms. The van der Waals surface area contributed by atoms with Crippen molar-refractivity contribution in [2.45, 2.75) is 13.8 Å². The molecule has 256 valence electrons. The molecule has 0 saturated carbocycles. The Morgan fingerprint density at radius 3 is 1.24 bits per heavy atom. The topological polar surface area (TPSA) is 132 Å². The molecule has 0 aliphatic heterocycles. The van der Waals surface area contributed by atoms with Crippen LogP contribution in [-0.4, -0.2) is 56.3 Å². The highest BCUT2D eigenvalue weighted by Crippen LogP contribution is 2.26. The van der Waals surface area contributed by atoms with E-state index in [0.717, 1.165) is 0 Å². The number of esters is 2. The molecule has 0 amide bonds. The van der Waals surface area contributed by atoms with Gasteiger partial charge < -0.3 is 14.2 Å². The molecule has 0 radical (unpaired) electrons. The van der Waals surface area contributed by atoms with Crippen LogP contribution in [0, 0.1) is 11.6 Å². The van der Waals surface area contributed by atoms with Crippen LogP contribution in [0.5, 0.6) is 11.5 Å². The van der Waals surface area contributed by atoms with Crippen molar-refractivity contribution in [3.05, 3.63) is 155 Å². The lowest BCUT2D eigenvalue weighted by Gasteiger charge is -2.08. The van der Waals surface area contributed by atoms with Gasteiger partial charge in [0, 0.05) is 23.5 Å². The van der Waals surface area contributed by atoms with E-state index in [4.69, 9.17) is 14.2 Å². The standard InChI is InChI=1S/C38H28F2N4O7/c1-3-49-37(47)33-31(21-43(41-33)27-13-9-25(39)10-14-27)35(45)23-5-17-29(18-6-23)51-30-19-7-24(8-20-30)36(46)32-22-44(28-15-11-26(40)12-16-28)42-34(32)38(48)50-4-2/h5-22H,3-4H2,1-2H3. The van der Waals surface area contributed by atoms with Gasteiger partial charge in [-0.25, -0.2) is 27.7 Å². The summed E-state index contributed by atoms with van der Waals surface area (Å²) in [6.45, 7) is 3.42. The number of nitrogens with zero attached hydrogens (tertiary/aromatic N) is 4. The first kappa shape index (κ1) is 34.1. The lowest BCUT2D eigenvalue weighted by Crippen LogP contribution is -2.12. The lowest BCUT2D eigenvalue weighted by molar-refractivity contribution is 0.0507. The van der Waals surface area contributed by atoms with E-state index >= 15 is 0 Å². The van der Waals surface area contributed by atoms with Gasteiger partial charge in [-0.2, -0.15) is 10.2 Å². The van der Waals surface area contributed by atoms with E-state index in [1.807, 2.05) is 0 Å². The monoisotopic (exact) mass is 690 g/mol. The molecule has 6 aromatic rings. The maximum absolute atomic E-state index is 13.5. The largest absolute Gasteiger partial charge is 0.461 e. The Hall–Kier alpha value is -6.76. The number of benzene rings is 4. The van der Waals surface area contributed by atoms with Crippen LogP contribution in [0.4, 0.5) is 8.78 Å². The van der Waals surface area contributed by atoms with Crippen LogP contribution in [0.15, 0.2) is 109 Å². The summed E-state index contributed by atoms with van der Waals surface area (Å²) in [5.41, 5.74) is 1.00. The van der Waals surface area contributed by atoms with Crippen molar-refractivity contribution in [3.63, 3.8) is 0 Å². The van der Waals surface area contributed by atoms with Gasteiger partial charge in [0.1, 0.15) is 23.1 Å². The van der Waals surface area contributed by atoms with Crippen molar-refractivity contribution in [2.75, 3.05) is 13.2 Å². The van der Waals surface area contributed by atoms with Gasteiger partial charge in [0.15, 0.2) is 23.0 Å². The molecule has 0 N–H and O–H groups in total. The average molecular weight is 691 g/mol. The van der Waals surface area contributed by atoms with E-state index in [1.54, 1.807) is 38.1 Å². The molecule has 0 aliphatic rings. The third-order valence-corrected chi connectivity index (χ3v) is 7.51. The molecular weight excluding hydrogens is 662 g/mol. The van der Waals surface area contributed by atoms with Gasteiger partial charge in [0.05, 0.1) is 35.7 Å². The van der Waals surface area contributed by atoms with E-state index in [-0.39, 0.29) is 46.9 Å². The highest BCUT2D eigenvalue weighted by Gasteiger charge is 2.26. The highest BCUT2D eigenvalue weighted by atomic mass is 19.1. The molecule has 0 atom stereocenters. The van der Waals surface area contributed by atoms with Crippen molar-refractivity contribution >= 4 is 23.5 Å². The summed E-state index contributed by atoms with van der Waals surface area (Å²) in [6, 6.07) is 23.2. The maximum Gasteiger partial charge on any atom is 0.359 e. The Morgan fingerprint density at radius 2 is 0.902 bits per heavy atom. The van der Waals surface area contributed by atoms with E-state index in [2.05, 4.69) is 10.2 Å². The molecular formula is C38H28F2N4O7. The number of halogens is 2. The minimum Gasteiger partial charge on any atom is -0.461 e. The van der Waals surface area contributed by atoms with Crippen LogP contribution >= 0.6 is 0 Å². The summed E-state index contributed by atoms with van der Waals surface area (Å²) >= 11 is 0. The number of ether oxygens (including phenoxy) is 3. The fraction of sp³-hybridized carbons (Fsp3) is 0.105. The first-order valence-electron chi connectivity index (χ1n) is 15.7. The minimum atomic E-state index is -0.776. The third kappa shape index (κ3) is 7.47. The molecule has 4 aromatic carbocycles. The highest BCUT2D eigenvalue weighted by molar-refractivity contribution is 6.14. The molecule has 51 heavy (non-hydrogen) atoms. The van der Waals surface area contributed by atoms with E-state index in [0.29, 0.717) is 22.9 Å². The quantitative estimate of drug-likeness (QED) is 0.0989. The van der Waals surface area contributed by atoms with E-state index in [1.165, 1.54) is 94.6 Å². The molecule has 2 aromatic heterocycles. The second kappa shape index (κ2) is 14.8. The van der Waals surface area contributed by atoms with E-state index < -0.39 is 35.1 Å². The number of hydrogen-bond acceptors (Lipinski definition) is 9. The average Bonchev–Trinajstić information content (AvgIpc) is 3.79. The molecule has 6 rings (SSSR count). The number of hydrogen-bond donors (Lipinski definition) is 0. The van der Waals surface area contributed by atoms with Crippen molar-refractivity contribution in [1.82, 2.24) is 19.6 Å². The van der Waals surface area contributed by atoms with Gasteiger partial charge >= 0.3 is 11.9 Å². The molecule has 0 aliphatic carbocycles. The second-order valence-electron chi connectivity index (χ2n) is 10.9. The number of rotatable bonds is 12. The van der Waals surface area contributed by atoms with Gasteiger partial charge in [0.2, 0.25) is 0 Å². The van der Waals surface area contributed by atoms with Crippen LogP contribution in [0.2, 0.25) is 0 Å². The third-order valence-electron chi connectivity index (χ3n) is 7.51. The molecule has 0 unspecified atom stereocenters. The molecule has 2 heterocycles. The SMILES string of the molecule is CCOC(=O)c1nn(-c2ccc(F)cc2)cc1C(=O)c1ccc(Oc2ccc(C(=O)c3cn(-c4ccc(F)cc4)nc3C(=O)OCC)cc2)cc1. The predicted molar refractivity (Wildman–Crippen MR) is 179 cm³/mol. The molecule has 0 bridgehead atoms. The van der Waals surface area contributed by atoms with E-state index in [9.17, 15) is 28.0 Å². The van der Waals surface area contributed by atoms with Crippen LogP contribution in [-0.2, 0) is 9.47 Å². The summed E-state index contributed by atoms with van der Waals surface area (Å²) < 4.78 is 45.7. The maximum atomic E-state index is 13.5. The van der Waals surface area contributed by atoms with Gasteiger partial charge in [-0.3, -0.25) is 9.59 Å². The van der Waals surface area contributed by atoms with Crippen molar-refractivity contribution in [1.29, 1.82) is 0 Å². The van der Waals surface area contributed by atoms with Crippen LogP contribution in [0.25, 0.3) is 11.4 Å². The zero-order valence-electron chi connectivity index (χ0n) is 27.2. The summed E-state index contributed by atoms with van der Waals surface area (Å²) in [5, 5.41) is 8.47. The molecule has 0 fully saturated rings. The van der Waals surface area contributed by atoms with Crippen molar-refractivity contribution in [2.24, 2.45) is 0 Å². The second-order valence-corrected chi connectivity index (χ2v) is 10.9. The fourth-order valence-corrected chi connectivity index (χ4v) is 5.03. The summed E-state index contributed by atoms with van der Waals surface area (Å²) in [5.74, 6) is -2.68. The number of ketones is 2. The Morgan fingerprint density at radius 1 is 0.549 bits per heavy atom. The molecule has 0 spiro atoms. The zero-order chi connectivity index (χ0) is 36.1.